The van der Waals surface area contributed by atoms with Gasteiger partial charge < -0.3 is 4.84 Å². The van der Waals surface area contributed by atoms with Gasteiger partial charge in [-0.2, -0.15) is 5.06 Å². The third-order valence-electron chi connectivity index (χ3n) is 1.97. The van der Waals surface area contributed by atoms with E-state index in [2.05, 4.69) is 34.6 Å². The van der Waals surface area contributed by atoms with Crippen molar-refractivity contribution in [3.63, 3.8) is 0 Å². The van der Waals surface area contributed by atoms with E-state index in [4.69, 9.17) is 4.84 Å². The maximum atomic E-state index is 5.13. The summed E-state index contributed by atoms with van der Waals surface area (Å²) in [6.07, 6.45) is 1.20. The molecule has 0 amide bonds. The van der Waals surface area contributed by atoms with Crippen LogP contribution in [-0.2, 0) is 4.84 Å². The summed E-state index contributed by atoms with van der Waals surface area (Å²) >= 11 is 0. The first kappa shape index (κ1) is 12.9. The van der Waals surface area contributed by atoms with Crippen LogP contribution >= 0.6 is 0 Å². The summed E-state index contributed by atoms with van der Waals surface area (Å²) in [6, 6.07) is 0. The molecular formula is C11H25NO. The average Bonchev–Trinajstić information content (AvgIpc) is 1.80. The molecule has 0 spiro atoms. The van der Waals surface area contributed by atoms with E-state index in [1.165, 1.54) is 6.42 Å². The molecule has 2 nitrogen and oxygen atoms in total. The fraction of sp³-hybridized carbons (Fsp3) is 1.00. The molecule has 80 valence electrons. The van der Waals surface area contributed by atoms with Gasteiger partial charge in [-0.25, -0.2) is 0 Å². The monoisotopic (exact) mass is 187 g/mol. The highest BCUT2D eigenvalue weighted by Crippen LogP contribution is 2.33. The highest BCUT2D eigenvalue weighted by Gasteiger charge is 2.26. The summed E-state index contributed by atoms with van der Waals surface area (Å²) in [5.41, 5.74) is 0.696. The van der Waals surface area contributed by atoms with Crippen molar-refractivity contribution >= 4 is 0 Å². The Morgan fingerprint density at radius 3 is 1.85 bits per heavy atom. The first-order valence-corrected chi connectivity index (χ1v) is 4.91. The molecule has 0 unspecified atom stereocenters. The minimum atomic E-state index is 0.309. The van der Waals surface area contributed by atoms with E-state index in [0.29, 0.717) is 10.8 Å². The maximum absolute atomic E-state index is 5.13. The van der Waals surface area contributed by atoms with Gasteiger partial charge in [-0.3, -0.25) is 0 Å². The zero-order valence-corrected chi connectivity index (χ0v) is 10.3. The van der Waals surface area contributed by atoms with Crippen LogP contribution in [0, 0.1) is 10.8 Å². The van der Waals surface area contributed by atoms with E-state index in [1.54, 1.807) is 7.11 Å². The van der Waals surface area contributed by atoms with Gasteiger partial charge in [-0.05, 0) is 17.3 Å². The van der Waals surface area contributed by atoms with E-state index in [-0.39, 0.29) is 0 Å². The van der Waals surface area contributed by atoms with Crippen LogP contribution in [0.2, 0.25) is 0 Å². The Hall–Kier alpha value is -0.0800. The molecule has 13 heavy (non-hydrogen) atoms. The Balaban J connectivity index is 4.08. The van der Waals surface area contributed by atoms with Crippen molar-refractivity contribution in [2.24, 2.45) is 10.8 Å². The Labute approximate surface area is 83.2 Å². The minimum absolute atomic E-state index is 0.309. The van der Waals surface area contributed by atoms with Crippen LogP contribution in [0.15, 0.2) is 0 Å². The molecule has 0 saturated heterocycles. The molecule has 0 saturated carbocycles. The topological polar surface area (TPSA) is 12.5 Å². The molecule has 0 rings (SSSR count). The van der Waals surface area contributed by atoms with Crippen molar-refractivity contribution < 1.29 is 4.84 Å². The van der Waals surface area contributed by atoms with Gasteiger partial charge in [0.1, 0.15) is 0 Å². The molecule has 0 radical (unpaired) electrons. The molecule has 0 aliphatic rings. The third-order valence-corrected chi connectivity index (χ3v) is 1.97. The van der Waals surface area contributed by atoms with Crippen LogP contribution in [0.4, 0.5) is 0 Å². The number of hydrogen-bond donors (Lipinski definition) is 0. The smallest absolute Gasteiger partial charge is 0.0575 e. The first-order chi connectivity index (χ1) is 5.66. The molecule has 0 bridgehead atoms. The highest BCUT2D eigenvalue weighted by molar-refractivity contribution is 4.77. The SMILES string of the molecule is CON(C)CC(C)(C)CC(C)(C)C. The molecule has 0 aliphatic carbocycles. The van der Waals surface area contributed by atoms with Crippen LogP contribution in [0.25, 0.3) is 0 Å². The van der Waals surface area contributed by atoms with Crippen LogP contribution < -0.4 is 0 Å². The maximum Gasteiger partial charge on any atom is 0.0575 e. The van der Waals surface area contributed by atoms with E-state index in [0.717, 1.165) is 6.54 Å². The second kappa shape index (κ2) is 4.43. The molecule has 0 atom stereocenters. The predicted octanol–water partition coefficient (Wildman–Crippen LogP) is 2.94. The van der Waals surface area contributed by atoms with Gasteiger partial charge in [-0.1, -0.05) is 34.6 Å². The molecular weight excluding hydrogens is 162 g/mol. The molecule has 0 N–H and O–H groups in total. The van der Waals surface area contributed by atoms with E-state index in [9.17, 15) is 0 Å². The third kappa shape index (κ3) is 7.03. The quantitative estimate of drug-likeness (QED) is 0.627. The Morgan fingerprint density at radius 2 is 1.54 bits per heavy atom. The molecule has 2 heteroatoms. The highest BCUT2D eigenvalue weighted by atomic mass is 16.7. The second-order valence-corrected chi connectivity index (χ2v) is 5.87. The van der Waals surface area contributed by atoms with Crippen LogP contribution in [-0.4, -0.2) is 25.8 Å². The van der Waals surface area contributed by atoms with Crippen molar-refractivity contribution in [1.82, 2.24) is 5.06 Å². The van der Waals surface area contributed by atoms with Crippen LogP contribution in [0.1, 0.15) is 41.0 Å². The summed E-state index contributed by atoms with van der Waals surface area (Å²) in [5, 5.41) is 1.89. The van der Waals surface area contributed by atoms with Crippen molar-refractivity contribution in [2.75, 3.05) is 20.7 Å². The lowest BCUT2D eigenvalue weighted by Crippen LogP contribution is -2.33. The summed E-state index contributed by atoms with van der Waals surface area (Å²) in [6.45, 7) is 12.4. The van der Waals surface area contributed by atoms with Crippen molar-refractivity contribution in [3.05, 3.63) is 0 Å². The fourth-order valence-electron chi connectivity index (χ4n) is 2.16. The minimum Gasteiger partial charge on any atom is -0.303 e. The van der Waals surface area contributed by atoms with Crippen LogP contribution in [0.5, 0.6) is 0 Å². The first-order valence-electron chi connectivity index (χ1n) is 4.91. The Kier molecular flexibility index (Phi) is 4.40. The van der Waals surface area contributed by atoms with Gasteiger partial charge in [0, 0.05) is 13.6 Å². The number of rotatable bonds is 4. The summed E-state index contributed by atoms with van der Waals surface area (Å²) in [7, 11) is 3.69. The lowest BCUT2D eigenvalue weighted by atomic mass is 9.76. The Morgan fingerprint density at radius 1 is 1.08 bits per heavy atom. The fourth-order valence-corrected chi connectivity index (χ4v) is 2.16. The molecule has 0 aromatic rings. The van der Waals surface area contributed by atoms with Crippen molar-refractivity contribution in [1.29, 1.82) is 0 Å². The van der Waals surface area contributed by atoms with Crippen molar-refractivity contribution in [2.45, 2.75) is 41.0 Å². The number of nitrogens with zero attached hydrogens (tertiary/aromatic N) is 1. The number of hydroxylamine groups is 2. The normalized spacial score (nSPS) is 13.8. The van der Waals surface area contributed by atoms with E-state index < -0.39 is 0 Å². The summed E-state index contributed by atoms with van der Waals surface area (Å²) in [4.78, 5) is 5.13. The van der Waals surface area contributed by atoms with Gasteiger partial charge in [0.25, 0.3) is 0 Å². The van der Waals surface area contributed by atoms with Gasteiger partial charge >= 0.3 is 0 Å². The molecule has 0 aromatic heterocycles. The van der Waals surface area contributed by atoms with Gasteiger partial charge in [0.05, 0.1) is 7.11 Å². The van der Waals surface area contributed by atoms with Crippen LogP contribution in [0.3, 0.4) is 0 Å². The molecule has 0 heterocycles. The van der Waals surface area contributed by atoms with E-state index in [1.807, 2.05) is 12.1 Å². The average molecular weight is 187 g/mol. The number of hydrogen-bond acceptors (Lipinski definition) is 2. The van der Waals surface area contributed by atoms with Crippen molar-refractivity contribution in [3.8, 4) is 0 Å². The van der Waals surface area contributed by atoms with E-state index >= 15 is 0 Å². The second-order valence-electron chi connectivity index (χ2n) is 5.87. The predicted molar refractivity (Wildman–Crippen MR) is 57.5 cm³/mol. The summed E-state index contributed by atoms with van der Waals surface area (Å²) in [5.74, 6) is 0. The lowest BCUT2D eigenvalue weighted by Gasteiger charge is -2.34. The van der Waals surface area contributed by atoms with Gasteiger partial charge in [0.15, 0.2) is 0 Å². The summed E-state index contributed by atoms with van der Waals surface area (Å²) < 4.78 is 0. The molecule has 0 fully saturated rings. The lowest BCUT2D eigenvalue weighted by molar-refractivity contribution is -0.131. The Bertz CT molecular complexity index is 147. The standard InChI is InChI=1S/C11H25NO/c1-10(2,3)8-11(4,5)9-12(6)13-7/h8-9H2,1-7H3. The van der Waals surface area contributed by atoms with Gasteiger partial charge in [0.2, 0.25) is 0 Å². The molecule has 0 aromatic carbocycles. The zero-order chi connectivity index (χ0) is 10.7. The largest absolute Gasteiger partial charge is 0.303 e. The molecule has 0 aliphatic heterocycles. The van der Waals surface area contributed by atoms with Gasteiger partial charge in [-0.15, -0.1) is 0 Å². The zero-order valence-electron chi connectivity index (χ0n) is 10.3.